The lowest BCUT2D eigenvalue weighted by atomic mass is 9.97. The number of hydrogen-bond acceptors (Lipinski definition) is 5. The van der Waals surface area contributed by atoms with Crippen molar-refractivity contribution < 1.29 is 14.4 Å². The Morgan fingerprint density at radius 2 is 1.91 bits per heavy atom. The zero-order chi connectivity index (χ0) is 24.9. The van der Waals surface area contributed by atoms with Crippen molar-refractivity contribution in [3.63, 3.8) is 0 Å². The third-order valence-corrected chi connectivity index (χ3v) is 8.09. The molecule has 0 atom stereocenters. The summed E-state index contributed by atoms with van der Waals surface area (Å²) in [6.45, 7) is 3.86. The molecule has 1 aliphatic heterocycles. The number of carbonyl (C=O) groups is 3. The number of nitrogens with zero attached hydrogens (tertiary/aromatic N) is 3. The van der Waals surface area contributed by atoms with Crippen molar-refractivity contribution in [3.05, 3.63) is 72.6 Å². The standard InChI is InChI=1S/C26H21BrN4O3S/c1-14-10-16(15(2)30(14)23-19-8-3-4-9-21(19)35-22(23)13-28)11-20-24(32)29-26(34)31(25(20)33)18-7-5-6-17(27)12-18/h5-7,10-12H,3-4,8-9H2,1-2H3,(H,29,32,34)/b20-11+. The van der Waals surface area contributed by atoms with Crippen molar-refractivity contribution in [2.45, 2.75) is 39.5 Å². The Hall–Kier alpha value is -3.48. The smallest absolute Gasteiger partial charge is 0.316 e. The second-order valence-corrected chi connectivity index (χ2v) is 10.6. The lowest BCUT2D eigenvalue weighted by molar-refractivity contribution is -0.122. The van der Waals surface area contributed by atoms with Crippen molar-refractivity contribution in [1.82, 2.24) is 9.88 Å². The molecule has 5 rings (SSSR count). The van der Waals surface area contributed by atoms with Gasteiger partial charge in [-0.3, -0.25) is 14.9 Å². The molecule has 0 spiro atoms. The number of barbiturate groups is 1. The number of anilines is 1. The summed E-state index contributed by atoms with van der Waals surface area (Å²) in [5.74, 6) is -1.42. The first-order valence-corrected chi connectivity index (χ1v) is 12.8. The molecule has 1 N–H and O–H groups in total. The van der Waals surface area contributed by atoms with Gasteiger partial charge in [-0.2, -0.15) is 5.26 Å². The number of rotatable bonds is 3. The van der Waals surface area contributed by atoms with Gasteiger partial charge in [-0.25, -0.2) is 9.69 Å². The first-order valence-electron chi connectivity index (χ1n) is 11.2. The number of halogens is 1. The van der Waals surface area contributed by atoms with Gasteiger partial charge >= 0.3 is 6.03 Å². The molecule has 1 saturated heterocycles. The number of aromatic nitrogens is 1. The summed E-state index contributed by atoms with van der Waals surface area (Å²) in [5, 5.41) is 12.1. The number of benzene rings is 1. The Labute approximate surface area is 214 Å². The van der Waals surface area contributed by atoms with Gasteiger partial charge in [-0.15, -0.1) is 11.3 Å². The van der Waals surface area contributed by atoms with Gasteiger partial charge in [0.25, 0.3) is 11.8 Å². The second-order valence-electron chi connectivity index (χ2n) is 8.60. The first kappa shape index (κ1) is 23.3. The van der Waals surface area contributed by atoms with E-state index in [9.17, 15) is 19.6 Å². The van der Waals surface area contributed by atoms with Gasteiger partial charge in [0, 0.05) is 20.7 Å². The summed E-state index contributed by atoms with van der Waals surface area (Å²) in [7, 11) is 0. The highest BCUT2D eigenvalue weighted by atomic mass is 79.9. The van der Waals surface area contributed by atoms with Crippen LogP contribution in [0, 0.1) is 25.2 Å². The van der Waals surface area contributed by atoms with Crippen LogP contribution in [-0.4, -0.2) is 22.4 Å². The topological polar surface area (TPSA) is 95.2 Å². The minimum absolute atomic E-state index is 0.127. The van der Waals surface area contributed by atoms with Crippen LogP contribution in [0.15, 0.2) is 40.4 Å². The van der Waals surface area contributed by atoms with E-state index in [4.69, 9.17) is 0 Å². The molecule has 1 aliphatic carbocycles. The summed E-state index contributed by atoms with van der Waals surface area (Å²) >= 11 is 4.91. The zero-order valence-electron chi connectivity index (χ0n) is 19.1. The van der Waals surface area contributed by atoms with Gasteiger partial charge in [-0.1, -0.05) is 22.0 Å². The van der Waals surface area contributed by atoms with Crippen LogP contribution < -0.4 is 10.2 Å². The highest BCUT2D eigenvalue weighted by molar-refractivity contribution is 9.10. The number of nitriles is 1. The Balaban J connectivity index is 1.60. The molecule has 3 heterocycles. The molecule has 1 fully saturated rings. The highest BCUT2D eigenvalue weighted by Gasteiger charge is 2.37. The lowest BCUT2D eigenvalue weighted by Gasteiger charge is -2.26. The van der Waals surface area contributed by atoms with Crippen LogP contribution >= 0.6 is 27.3 Å². The molecule has 2 aromatic heterocycles. The predicted octanol–water partition coefficient (Wildman–Crippen LogP) is 5.34. The number of thiophene rings is 1. The van der Waals surface area contributed by atoms with Crippen molar-refractivity contribution >= 4 is 56.9 Å². The number of amides is 4. The molecule has 1 aromatic carbocycles. The normalized spacial score (nSPS) is 16.9. The summed E-state index contributed by atoms with van der Waals surface area (Å²) in [5.41, 5.74) is 4.77. The molecule has 0 saturated carbocycles. The van der Waals surface area contributed by atoms with Crippen LogP contribution in [-0.2, 0) is 22.4 Å². The molecular formula is C26H21BrN4O3S. The average Bonchev–Trinajstić information content (AvgIpc) is 3.32. The molecule has 4 amide bonds. The Bertz CT molecular complexity index is 1490. The van der Waals surface area contributed by atoms with Crippen LogP contribution in [0.25, 0.3) is 11.8 Å². The summed E-state index contributed by atoms with van der Waals surface area (Å²) in [6, 6.07) is 10.2. The van der Waals surface area contributed by atoms with Crippen molar-refractivity contribution in [2.24, 2.45) is 0 Å². The number of imide groups is 2. The fourth-order valence-electron chi connectivity index (χ4n) is 4.80. The van der Waals surface area contributed by atoms with Crippen molar-refractivity contribution in [3.8, 4) is 11.8 Å². The highest BCUT2D eigenvalue weighted by Crippen LogP contribution is 2.39. The zero-order valence-corrected chi connectivity index (χ0v) is 21.5. The Morgan fingerprint density at radius 1 is 1.14 bits per heavy atom. The Morgan fingerprint density at radius 3 is 2.66 bits per heavy atom. The number of fused-ring (bicyclic) bond motifs is 1. The van der Waals surface area contributed by atoms with Crippen LogP contribution in [0.1, 0.15) is 45.1 Å². The molecule has 9 heteroatoms. The SMILES string of the molecule is Cc1cc(/C=C2\C(=O)NC(=O)N(c3cccc(Br)c3)C2=O)c(C)n1-c1c(C#N)sc2c1CCCC2. The van der Waals surface area contributed by atoms with E-state index in [1.807, 2.05) is 24.5 Å². The summed E-state index contributed by atoms with van der Waals surface area (Å²) < 4.78 is 2.75. The number of urea groups is 1. The molecule has 0 radical (unpaired) electrons. The third kappa shape index (κ3) is 3.93. The molecule has 176 valence electrons. The maximum atomic E-state index is 13.3. The number of carbonyl (C=O) groups excluding carboxylic acids is 3. The van der Waals surface area contributed by atoms with Crippen LogP contribution in [0.5, 0.6) is 0 Å². The molecular weight excluding hydrogens is 528 g/mol. The largest absolute Gasteiger partial charge is 0.335 e. The molecule has 7 nitrogen and oxygen atoms in total. The van der Waals surface area contributed by atoms with E-state index in [2.05, 4.69) is 27.3 Å². The minimum atomic E-state index is -0.788. The maximum Gasteiger partial charge on any atom is 0.335 e. The van der Waals surface area contributed by atoms with E-state index in [-0.39, 0.29) is 5.57 Å². The van der Waals surface area contributed by atoms with Crippen LogP contribution in [0.2, 0.25) is 0 Å². The molecule has 3 aromatic rings. The van der Waals surface area contributed by atoms with E-state index < -0.39 is 17.8 Å². The molecule has 35 heavy (non-hydrogen) atoms. The Kier molecular flexibility index (Phi) is 5.95. The van der Waals surface area contributed by atoms with E-state index in [1.165, 1.54) is 16.5 Å². The van der Waals surface area contributed by atoms with Gasteiger partial charge < -0.3 is 4.57 Å². The van der Waals surface area contributed by atoms with E-state index in [1.54, 1.807) is 35.6 Å². The molecule has 0 bridgehead atoms. The monoisotopic (exact) mass is 548 g/mol. The number of nitrogens with one attached hydrogen (secondary N) is 1. The third-order valence-electron chi connectivity index (χ3n) is 6.41. The summed E-state index contributed by atoms with van der Waals surface area (Å²) in [4.78, 5) is 41.4. The number of aryl methyl sites for hydroxylation is 2. The van der Waals surface area contributed by atoms with Crippen molar-refractivity contribution in [2.75, 3.05) is 4.90 Å². The molecule has 2 aliphatic rings. The fourth-order valence-corrected chi connectivity index (χ4v) is 6.36. The fraction of sp³-hybridized carbons (Fsp3) is 0.231. The van der Waals surface area contributed by atoms with E-state index in [0.29, 0.717) is 20.6 Å². The van der Waals surface area contributed by atoms with Gasteiger partial charge in [0.1, 0.15) is 16.5 Å². The van der Waals surface area contributed by atoms with Gasteiger partial charge in [-0.05, 0) is 81.0 Å². The van der Waals surface area contributed by atoms with Gasteiger partial charge in [0.2, 0.25) is 0 Å². The average molecular weight is 549 g/mol. The van der Waals surface area contributed by atoms with Gasteiger partial charge in [0.15, 0.2) is 0 Å². The molecule has 0 unspecified atom stereocenters. The number of hydrogen-bond donors (Lipinski definition) is 1. The van der Waals surface area contributed by atoms with E-state index >= 15 is 0 Å². The van der Waals surface area contributed by atoms with Gasteiger partial charge in [0.05, 0.1) is 11.4 Å². The van der Waals surface area contributed by atoms with E-state index in [0.717, 1.165) is 47.7 Å². The summed E-state index contributed by atoms with van der Waals surface area (Å²) in [6.07, 6.45) is 5.66. The van der Waals surface area contributed by atoms with Crippen molar-refractivity contribution in [1.29, 1.82) is 5.26 Å². The predicted molar refractivity (Wildman–Crippen MR) is 138 cm³/mol. The second kappa shape index (κ2) is 8.95. The van der Waals surface area contributed by atoms with Crippen LogP contribution in [0.3, 0.4) is 0 Å². The lowest BCUT2D eigenvalue weighted by Crippen LogP contribution is -2.54. The maximum absolute atomic E-state index is 13.3. The minimum Gasteiger partial charge on any atom is -0.316 e. The quantitative estimate of drug-likeness (QED) is 0.353. The first-order chi connectivity index (χ1) is 16.8. The van der Waals surface area contributed by atoms with Crippen LogP contribution in [0.4, 0.5) is 10.5 Å².